The Bertz CT molecular complexity index is 198. The molecule has 0 rings (SSSR count). The minimum Gasteiger partial charge on any atom is -0.422 e. The van der Waals surface area contributed by atoms with Crippen LogP contribution < -0.4 is 0 Å². The average molecular weight is 315 g/mol. The van der Waals surface area contributed by atoms with Crippen molar-refractivity contribution in [2.24, 2.45) is 0 Å². The lowest BCUT2D eigenvalue weighted by Gasteiger charge is -2.04. The van der Waals surface area contributed by atoms with Crippen molar-refractivity contribution in [3.05, 3.63) is 12.7 Å². The third kappa shape index (κ3) is 19.9. The highest BCUT2D eigenvalue weighted by atomic mass is 28.2. The lowest BCUT2D eigenvalue weighted by Crippen LogP contribution is -2.06. The van der Waals surface area contributed by atoms with E-state index in [2.05, 4.69) is 6.58 Å². The molecule has 0 unspecified atom stereocenters. The summed E-state index contributed by atoms with van der Waals surface area (Å²) in [7, 11) is -0.262. The molecule has 0 aliphatic carbocycles. The van der Waals surface area contributed by atoms with Crippen molar-refractivity contribution in [1.82, 2.24) is 0 Å². The second-order valence-electron chi connectivity index (χ2n) is 5.78. The predicted molar refractivity (Wildman–Crippen MR) is 96.8 cm³/mol. The van der Waals surface area contributed by atoms with E-state index in [4.69, 9.17) is 9.16 Å². The Hall–Kier alpha value is -0.123. The zero-order chi connectivity index (χ0) is 15.4. The molecule has 0 radical (unpaired) electrons. The van der Waals surface area contributed by atoms with E-state index < -0.39 is 0 Å². The summed E-state index contributed by atoms with van der Waals surface area (Å²) in [4.78, 5) is 0. The van der Waals surface area contributed by atoms with E-state index in [1.54, 1.807) is 0 Å². The van der Waals surface area contributed by atoms with Gasteiger partial charge in [0.25, 0.3) is 0 Å². The van der Waals surface area contributed by atoms with Gasteiger partial charge in [0.1, 0.15) is 0 Å². The second kappa shape index (κ2) is 19.9. The van der Waals surface area contributed by atoms with E-state index in [0.29, 0.717) is 0 Å². The lowest BCUT2D eigenvalue weighted by atomic mass is 10.1. The number of ether oxygens (including phenoxy) is 1. The van der Waals surface area contributed by atoms with Crippen LogP contribution in [0, 0.1) is 0 Å². The van der Waals surface area contributed by atoms with Crippen molar-refractivity contribution in [3.8, 4) is 0 Å². The van der Waals surface area contributed by atoms with E-state index in [1.165, 1.54) is 76.7 Å². The first-order valence-electron chi connectivity index (χ1n) is 9.18. The van der Waals surface area contributed by atoms with Crippen LogP contribution in [0.3, 0.4) is 0 Å². The third-order valence-electron chi connectivity index (χ3n) is 3.77. The maximum absolute atomic E-state index is 5.64. The summed E-state index contributed by atoms with van der Waals surface area (Å²) in [6, 6.07) is 1.34. The summed E-state index contributed by atoms with van der Waals surface area (Å²) in [6.45, 7) is 8.18. The Kier molecular flexibility index (Phi) is 19.8. The molecule has 0 saturated heterocycles. The summed E-state index contributed by atoms with van der Waals surface area (Å²) >= 11 is 0. The third-order valence-corrected chi connectivity index (χ3v) is 5.14. The fourth-order valence-corrected chi connectivity index (χ4v) is 3.53. The van der Waals surface area contributed by atoms with Gasteiger partial charge in [0, 0.05) is 6.61 Å². The smallest absolute Gasteiger partial charge is 0.161 e. The molecule has 0 aromatic carbocycles. The normalized spacial score (nSPS) is 11.5. The van der Waals surface area contributed by atoms with Gasteiger partial charge in [0.05, 0.1) is 13.2 Å². The number of hydrogen-bond acceptors (Lipinski definition) is 2. The molecule has 126 valence electrons. The van der Waals surface area contributed by atoms with Crippen LogP contribution in [0.25, 0.3) is 0 Å². The minimum absolute atomic E-state index is 0.262. The van der Waals surface area contributed by atoms with Crippen LogP contribution in [0.4, 0.5) is 0 Å². The van der Waals surface area contributed by atoms with Crippen LogP contribution >= 0.6 is 0 Å². The summed E-state index contributed by atoms with van der Waals surface area (Å²) < 4.78 is 10.9. The maximum Gasteiger partial charge on any atom is 0.161 e. The molecule has 0 atom stereocenters. The summed E-state index contributed by atoms with van der Waals surface area (Å²) in [5, 5.41) is 0. The highest BCUT2D eigenvalue weighted by Gasteiger charge is 1.94. The van der Waals surface area contributed by atoms with Crippen molar-refractivity contribution >= 4 is 9.76 Å². The topological polar surface area (TPSA) is 18.5 Å². The molecule has 0 heterocycles. The predicted octanol–water partition coefficient (Wildman–Crippen LogP) is 5.02. The van der Waals surface area contributed by atoms with Crippen molar-refractivity contribution in [2.75, 3.05) is 19.8 Å². The molecule has 0 aromatic heterocycles. The van der Waals surface area contributed by atoms with Gasteiger partial charge in [-0.05, 0) is 25.8 Å². The minimum atomic E-state index is -0.262. The molecular formula is C18H38O2Si. The summed E-state index contributed by atoms with van der Waals surface area (Å²) in [5.74, 6) is 0. The largest absolute Gasteiger partial charge is 0.422 e. The number of unbranched alkanes of at least 4 members (excludes halogenated alkanes) is 10. The van der Waals surface area contributed by atoms with Gasteiger partial charge in [0.2, 0.25) is 0 Å². The molecule has 0 saturated carbocycles. The monoisotopic (exact) mass is 314 g/mol. The van der Waals surface area contributed by atoms with Crippen LogP contribution in [0.15, 0.2) is 12.7 Å². The van der Waals surface area contributed by atoms with Crippen molar-refractivity contribution in [2.45, 2.75) is 83.6 Å². The van der Waals surface area contributed by atoms with E-state index in [-0.39, 0.29) is 9.76 Å². The standard InChI is InChI=1S/C18H38O2Si/c1-3-5-6-7-8-9-10-11-12-13-14-15-18-21-20-17-16-19-4-2/h3H,1,4-18,21H2,2H3. The molecule has 3 heteroatoms. The Balaban J connectivity index is 2.91. The first kappa shape index (κ1) is 20.9. The van der Waals surface area contributed by atoms with Crippen molar-refractivity contribution in [3.63, 3.8) is 0 Å². The van der Waals surface area contributed by atoms with E-state index in [1.807, 2.05) is 13.0 Å². The highest BCUT2D eigenvalue weighted by molar-refractivity contribution is 6.26. The number of allylic oxidation sites excluding steroid dienone is 1. The van der Waals surface area contributed by atoms with Gasteiger partial charge >= 0.3 is 0 Å². The number of hydrogen-bond donors (Lipinski definition) is 0. The molecule has 0 amide bonds. The van der Waals surface area contributed by atoms with E-state index in [0.717, 1.165) is 19.8 Å². The SMILES string of the molecule is C=CCCCCCCCCCCCC[SiH2]OCCOCC. The molecular weight excluding hydrogens is 276 g/mol. The van der Waals surface area contributed by atoms with Crippen LogP contribution in [0.5, 0.6) is 0 Å². The summed E-state index contributed by atoms with van der Waals surface area (Å²) in [5.41, 5.74) is 0. The van der Waals surface area contributed by atoms with Gasteiger partial charge < -0.3 is 9.16 Å². The lowest BCUT2D eigenvalue weighted by molar-refractivity contribution is 0.112. The molecule has 0 spiro atoms. The van der Waals surface area contributed by atoms with Gasteiger partial charge in [-0.25, -0.2) is 0 Å². The van der Waals surface area contributed by atoms with Gasteiger partial charge in [-0.2, -0.15) is 0 Å². The molecule has 0 aliphatic heterocycles. The fraction of sp³-hybridized carbons (Fsp3) is 0.889. The molecule has 2 nitrogen and oxygen atoms in total. The Labute approximate surface area is 135 Å². The Morgan fingerprint density at radius 1 is 0.810 bits per heavy atom. The highest BCUT2D eigenvalue weighted by Crippen LogP contribution is 2.12. The molecule has 0 aromatic rings. The molecule has 0 aliphatic rings. The molecule has 0 fully saturated rings. The van der Waals surface area contributed by atoms with Crippen LogP contribution in [0.1, 0.15) is 77.6 Å². The van der Waals surface area contributed by atoms with Gasteiger partial charge in [-0.3, -0.25) is 0 Å². The molecule has 21 heavy (non-hydrogen) atoms. The van der Waals surface area contributed by atoms with E-state index >= 15 is 0 Å². The quantitative estimate of drug-likeness (QED) is 0.201. The Morgan fingerprint density at radius 3 is 1.95 bits per heavy atom. The summed E-state index contributed by atoms with van der Waals surface area (Å²) in [6.07, 6.45) is 17.3. The van der Waals surface area contributed by atoms with Crippen molar-refractivity contribution < 1.29 is 9.16 Å². The second-order valence-corrected chi connectivity index (χ2v) is 7.30. The number of rotatable bonds is 18. The zero-order valence-corrected chi connectivity index (χ0v) is 15.8. The Morgan fingerprint density at radius 2 is 1.38 bits per heavy atom. The maximum atomic E-state index is 5.64. The first-order chi connectivity index (χ1) is 10.4. The van der Waals surface area contributed by atoms with Crippen molar-refractivity contribution in [1.29, 1.82) is 0 Å². The average Bonchev–Trinajstić information content (AvgIpc) is 2.50. The van der Waals surface area contributed by atoms with Crippen LogP contribution in [-0.4, -0.2) is 29.6 Å². The van der Waals surface area contributed by atoms with Gasteiger partial charge in [0.15, 0.2) is 9.76 Å². The molecule has 0 N–H and O–H groups in total. The zero-order valence-electron chi connectivity index (χ0n) is 14.4. The molecule has 0 bridgehead atoms. The van der Waals surface area contributed by atoms with Crippen LogP contribution in [-0.2, 0) is 9.16 Å². The van der Waals surface area contributed by atoms with Gasteiger partial charge in [-0.1, -0.05) is 63.9 Å². The van der Waals surface area contributed by atoms with Crippen LogP contribution in [0.2, 0.25) is 6.04 Å². The van der Waals surface area contributed by atoms with E-state index in [9.17, 15) is 0 Å². The first-order valence-corrected chi connectivity index (χ1v) is 10.8. The van der Waals surface area contributed by atoms with Gasteiger partial charge in [-0.15, -0.1) is 6.58 Å². The fourth-order valence-electron chi connectivity index (χ4n) is 2.45.